The zero-order valence-electron chi connectivity index (χ0n) is 17.5. The maximum absolute atomic E-state index is 13.0. The van der Waals surface area contributed by atoms with Crippen LogP contribution >= 0.6 is 0 Å². The number of rotatable bonds is 6. The second-order valence-electron chi connectivity index (χ2n) is 7.85. The summed E-state index contributed by atoms with van der Waals surface area (Å²) in [6, 6.07) is 11.3. The van der Waals surface area contributed by atoms with E-state index in [0.717, 1.165) is 11.1 Å². The minimum Gasteiger partial charge on any atom is -0.352 e. The normalized spacial score (nSPS) is 16.2. The van der Waals surface area contributed by atoms with Crippen molar-refractivity contribution >= 4 is 26.0 Å². The molecule has 0 aromatic heterocycles. The molecule has 0 saturated carbocycles. The van der Waals surface area contributed by atoms with Gasteiger partial charge in [-0.15, -0.1) is 0 Å². The number of aryl methyl sites for hydroxylation is 2. The van der Waals surface area contributed by atoms with Crippen molar-refractivity contribution in [3.05, 3.63) is 59.2 Å². The molecule has 0 atom stereocenters. The predicted molar refractivity (Wildman–Crippen MR) is 117 cm³/mol. The van der Waals surface area contributed by atoms with Crippen LogP contribution in [0, 0.1) is 19.8 Å². The summed E-state index contributed by atoms with van der Waals surface area (Å²) in [6.45, 7) is 4.54. The predicted octanol–water partition coefficient (Wildman–Crippen LogP) is 1.67. The van der Waals surface area contributed by atoms with Crippen molar-refractivity contribution in [2.24, 2.45) is 11.1 Å². The maximum Gasteiger partial charge on any atom is 0.243 e. The summed E-state index contributed by atoms with van der Waals surface area (Å²) < 4.78 is 50.0. The van der Waals surface area contributed by atoms with Gasteiger partial charge >= 0.3 is 0 Å². The highest BCUT2D eigenvalue weighted by Gasteiger charge is 2.32. The van der Waals surface area contributed by atoms with Crippen molar-refractivity contribution in [3.8, 4) is 0 Å². The highest BCUT2D eigenvalue weighted by molar-refractivity contribution is 7.89. The Bertz CT molecular complexity index is 1170. The second-order valence-corrected chi connectivity index (χ2v) is 11.3. The van der Waals surface area contributed by atoms with E-state index in [9.17, 15) is 21.6 Å². The summed E-state index contributed by atoms with van der Waals surface area (Å²) in [5, 5.41) is 7.92. The van der Waals surface area contributed by atoms with Gasteiger partial charge in [0.15, 0.2) is 0 Å². The lowest BCUT2D eigenvalue weighted by atomic mass is 9.97. The van der Waals surface area contributed by atoms with Gasteiger partial charge in [0.05, 0.1) is 9.79 Å². The SMILES string of the molecule is Cc1ccc(S(=O)(=O)N2CCC(C(=O)NCc3ccc(S(N)(=O)=O)cc3)CC2)c(C)c1. The van der Waals surface area contributed by atoms with Gasteiger partial charge in [0.1, 0.15) is 0 Å². The zero-order valence-corrected chi connectivity index (χ0v) is 19.2. The lowest BCUT2D eigenvalue weighted by Gasteiger charge is -2.31. The van der Waals surface area contributed by atoms with Gasteiger partial charge < -0.3 is 5.32 Å². The molecule has 1 fully saturated rings. The van der Waals surface area contributed by atoms with E-state index in [-0.39, 0.29) is 36.4 Å². The molecule has 8 nitrogen and oxygen atoms in total. The van der Waals surface area contributed by atoms with E-state index in [0.29, 0.717) is 23.3 Å². The van der Waals surface area contributed by atoms with E-state index >= 15 is 0 Å². The number of nitrogens with one attached hydrogen (secondary N) is 1. The fourth-order valence-electron chi connectivity index (χ4n) is 3.72. The number of piperidine rings is 1. The van der Waals surface area contributed by atoms with Gasteiger partial charge in [0.2, 0.25) is 26.0 Å². The number of sulfonamides is 2. The van der Waals surface area contributed by atoms with Gasteiger partial charge in [-0.2, -0.15) is 4.31 Å². The molecule has 168 valence electrons. The third-order valence-corrected chi connectivity index (χ3v) is 8.48. The maximum atomic E-state index is 13.0. The van der Waals surface area contributed by atoms with Crippen molar-refractivity contribution < 1.29 is 21.6 Å². The first-order valence-electron chi connectivity index (χ1n) is 9.95. The number of nitrogens with zero attached hydrogens (tertiary/aromatic N) is 1. The van der Waals surface area contributed by atoms with Gasteiger partial charge in [-0.1, -0.05) is 29.8 Å². The number of hydrogen-bond donors (Lipinski definition) is 2. The number of carbonyl (C=O) groups excluding carboxylic acids is 1. The van der Waals surface area contributed by atoms with Crippen LogP contribution in [0.3, 0.4) is 0 Å². The van der Waals surface area contributed by atoms with Crippen LogP contribution < -0.4 is 10.5 Å². The van der Waals surface area contributed by atoms with Crippen LogP contribution in [0.2, 0.25) is 0 Å². The summed E-state index contributed by atoms with van der Waals surface area (Å²) in [4.78, 5) is 12.8. The summed E-state index contributed by atoms with van der Waals surface area (Å²) in [5.41, 5.74) is 2.47. The molecule has 1 heterocycles. The number of amides is 1. The number of primary sulfonamides is 1. The van der Waals surface area contributed by atoms with Crippen molar-refractivity contribution in [2.75, 3.05) is 13.1 Å². The standard InChI is InChI=1S/C21H27N3O5S2/c1-15-3-8-20(16(2)13-15)31(28,29)24-11-9-18(10-12-24)21(25)23-14-17-4-6-19(7-5-17)30(22,26)27/h3-8,13,18H,9-12,14H2,1-2H3,(H,23,25)(H2,22,26,27). The average molecular weight is 466 g/mol. The molecule has 1 saturated heterocycles. The molecule has 1 aliphatic rings. The first-order valence-corrected chi connectivity index (χ1v) is 12.9. The lowest BCUT2D eigenvalue weighted by Crippen LogP contribution is -2.43. The van der Waals surface area contributed by atoms with Gasteiger partial charge in [-0.25, -0.2) is 22.0 Å². The molecule has 2 aromatic carbocycles. The summed E-state index contributed by atoms with van der Waals surface area (Å²) in [5.74, 6) is -0.409. The molecular formula is C21H27N3O5S2. The van der Waals surface area contributed by atoms with E-state index in [2.05, 4.69) is 5.32 Å². The molecule has 0 aliphatic carbocycles. The monoisotopic (exact) mass is 465 g/mol. The van der Waals surface area contributed by atoms with Crippen LogP contribution in [-0.4, -0.2) is 40.1 Å². The van der Waals surface area contributed by atoms with Crippen LogP contribution in [-0.2, 0) is 31.4 Å². The Kier molecular flexibility index (Phi) is 6.85. The van der Waals surface area contributed by atoms with E-state index in [1.54, 1.807) is 31.2 Å². The Morgan fingerprint density at radius 1 is 1.03 bits per heavy atom. The number of hydrogen-bond acceptors (Lipinski definition) is 5. The molecule has 2 aromatic rings. The molecule has 0 unspecified atom stereocenters. The van der Waals surface area contributed by atoms with E-state index in [1.165, 1.54) is 16.4 Å². The Morgan fingerprint density at radius 3 is 2.19 bits per heavy atom. The minimum atomic E-state index is -3.75. The van der Waals surface area contributed by atoms with Gasteiger partial charge in [0, 0.05) is 25.6 Å². The highest BCUT2D eigenvalue weighted by atomic mass is 32.2. The number of nitrogens with two attached hydrogens (primary N) is 1. The Morgan fingerprint density at radius 2 is 1.65 bits per heavy atom. The van der Waals surface area contributed by atoms with Gasteiger partial charge in [-0.05, 0) is 56.0 Å². The summed E-state index contributed by atoms with van der Waals surface area (Å²) >= 11 is 0. The Labute approximate surface area is 183 Å². The number of benzene rings is 2. The molecule has 0 bridgehead atoms. The molecule has 0 radical (unpaired) electrons. The van der Waals surface area contributed by atoms with E-state index in [1.807, 2.05) is 13.0 Å². The first kappa shape index (κ1) is 23.4. The minimum absolute atomic E-state index is 0.0139. The van der Waals surface area contributed by atoms with E-state index < -0.39 is 20.0 Å². The molecule has 0 spiro atoms. The molecule has 10 heteroatoms. The van der Waals surface area contributed by atoms with Crippen molar-refractivity contribution in [3.63, 3.8) is 0 Å². The zero-order chi connectivity index (χ0) is 22.8. The first-order chi connectivity index (χ1) is 14.5. The molecule has 1 aliphatic heterocycles. The molecule has 1 amide bonds. The smallest absolute Gasteiger partial charge is 0.243 e. The van der Waals surface area contributed by atoms with Crippen LogP contribution in [0.15, 0.2) is 52.3 Å². The highest BCUT2D eigenvalue weighted by Crippen LogP contribution is 2.26. The van der Waals surface area contributed by atoms with Crippen LogP contribution in [0.25, 0.3) is 0 Å². The fourth-order valence-corrected chi connectivity index (χ4v) is 5.91. The van der Waals surface area contributed by atoms with Crippen molar-refractivity contribution in [1.29, 1.82) is 0 Å². The summed E-state index contributed by atoms with van der Waals surface area (Å²) in [6.07, 6.45) is 0.890. The lowest BCUT2D eigenvalue weighted by molar-refractivity contribution is -0.126. The van der Waals surface area contributed by atoms with Crippen molar-refractivity contribution in [2.45, 2.75) is 43.0 Å². The average Bonchev–Trinajstić information content (AvgIpc) is 2.71. The van der Waals surface area contributed by atoms with Gasteiger partial charge in [-0.3, -0.25) is 4.79 Å². The third-order valence-electron chi connectivity index (χ3n) is 5.49. The second kappa shape index (κ2) is 9.07. The van der Waals surface area contributed by atoms with Gasteiger partial charge in [0.25, 0.3) is 0 Å². The molecule has 31 heavy (non-hydrogen) atoms. The summed E-state index contributed by atoms with van der Waals surface area (Å²) in [7, 11) is -7.34. The van der Waals surface area contributed by atoms with Crippen molar-refractivity contribution in [1.82, 2.24) is 9.62 Å². The Balaban J connectivity index is 1.56. The quantitative estimate of drug-likeness (QED) is 0.671. The van der Waals surface area contributed by atoms with Crippen LogP contribution in [0.1, 0.15) is 29.5 Å². The molecule has 3 rings (SSSR count). The van der Waals surface area contributed by atoms with E-state index in [4.69, 9.17) is 5.14 Å². The largest absolute Gasteiger partial charge is 0.352 e. The Hall–Kier alpha value is -2.27. The molecule has 3 N–H and O–H groups in total. The molecular weight excluding hydrogens is 438 g/mol. The van der Waals surface area contributed by atoms with Crippen LogP contribution in [0.4, 0.5) is 0 Å². The fraction of sp³-hybridized carbons (Fsp3) is 0.381. The van der Waals surface area contributed by atoms with Crippen LogP contribution in [0.5, 0.6) is 0 Å². The topological polar surface area (TPSA) is 127 Å². The third kappa shape index (κ3) is 5.51. The number of carbonyl (C=O) groups is 1.